The maximum absolute atomic E-state index is 12.7. The van der Waals surface area contributed by atoms with E-state index in [2.05, 4.69) is 15.5 Å². The van der Waals surface area contributed by atoms with Gasteiger partial charge in [-0.2, -0.15) is 4.98 Å². The van der Waals surface area contributed by atoms with E-state index in [1.807, 2.05) is 11.4 Å². The molecule has 0 radical (unpaired) electrons. The van der Waals surface area contributed by atoms with Gasteiger partial charge in [0.1, 0.15) is 6.04 Å². The first kappa shape index (κ1) is 15.7. The van der Waals surface area contributed by atoms with Crippen LogP contribution in [0.4, 0.5) is 0 Å². The molecule has 0 aliphatic carbocycles. The highest BCUT2D eigenvalue weighted by molar-refractivity contribution is 7.12. The molecule has 1 aliphatic heterocycles. The number of carbonyl (C=O) groups excluding carboxylic acids is 2. The van der Waals surface area contributed by atoms with Crippen LogP contribution in [0.25, 0.3) is 0 Å². The molecule has 1 aliphatic rings. The second-order valence-electron chi connectivity index (χ2n) is 5.51. The molecule has 0 aromatic carbocycles. The Bertz CT molecular complexity index is 656. The van der Waals surface area contributed by atoms with E-state index in [-0.39, 0.29) is 17.9 Å². The Morgan fingerprint density at radius 2 is 2.35 bits per heavy atom. The number of nitrogens with zero attached hydrogens (tertiary/aromatic N) is 3. The Labute approximate surface area is 137 Å². The van der Waals surface area contributed by atoms with Crippen LogP contribution in [0.3, 0.4) is 0 Å². The molecule has 7 nitrogen and oxygen atoms in total. The number of hydrogen-bond acceptors (Lipinski definition) is 6. The molecule has 23 heavy (non-hydrogen) atoms. The number of amides is 2. The van der Waals surface area contributed by atoms with Crippen molar-refractivity contribution in [2.45, 2.75) is 38.3 Å². The van der Waals surface area contributed by atoms with Crippen LogP contribution in [0.1, 0.15) is 47.7 Å². The van der Waals surface area contributed by atoms with Crippen LogP contribution in [-0.2, 0) is 4.79 Å². The largest absolute Gasteiger partial charge is 0.343 e. The molecule has 2 atom stereocenters. The maximum atomic E-state index is 12.7. The fraction of sp³-hybridized carbons (Fsp3) is 0.467. The van der Waals surface area contributed by atoms with Gasteiger partial charge in [0.2, 0.25) is 12.3 Å². The summed E-state index contributed by atoms with van der Waals surface area (Å²) in [5.41, 5.74) is 0. The van der Waals surface area contributed by atoms with Crippen LogP contribution in [-0.4, -0.2) is 39.4 Å². The number of likely N-dealkylation sites (tertiary alicyclic amines) is 1. The molecule has 1 saturated heterocycles. The van der Waals surface area contributed by atoms with Crippen molar-refractivity contribution >= 4 is 23.2 Å². The summed E-state index contributed by atoms with van der Waals surface area (Å²) in [5, 5.41) is 8.46. The van der Waals surface area contributed by atoms with Crippen molar-refractivity contribution < 1.29 is 14.1 Å². The van der Waals surface area contributed by atoms with Crippen LogP contribution in [0, 0.1) is 0 Å². The zero-order valence-corrected chi connectivity index (χ0v) is 13.6. The SMILES string of the molecule is CC(NC(=O)c1cccs1)C(=O)N1CCCCC1c1ncon1. The zero-order valence-electron chi connectivity index (χ0n) is 12.8. The fourth-order valence-corrected chi connectivity index (χ4v) is 3.40. The van der Waals surface area contributed by atoms with Crippen LogP contribution in [0.15, 0.2) is 28.4 Å². The first-order chi connectivity index (χ1) is 11.2. The van der Waals surface area contributed by atoms with Gasteiger partial charge in [-0.25, -0.2) is 0 Å². The lowest BCUT2D eigenvalue weighted by molar-refractivity contribution is -0.137. The molecule has 2 amide bonds. The number of carbonyl (C=O) groups is 2. The van der Waals surface area contributed by atoms with Crippen LogP contribution in [0.2, 0.25) is 0 Å². The number of thiophene rings is 1. The summed E-state index contributed by atoms with van der Waals surface area (Å²) in [6.45, 7) is 2.34. The molecular formula is C15H18N4O3S. The predicted molar refractivity (Wildman–Crippen MR) is 83.9 cm³/mol. The normalized spacial score (nSPS) is 19.3. The number of aromatic nitrogens is 2. The Hall–Kier alpha value is -2.22. The van der Waals surface area contributed by atoms with E-state index in [1.165, 1.54) is 17.7 Å². The van der Waals surface area contributed by atoms with E-state index in [9.17, 15) is 9.59 Å². The van der Waals surface area contributed by atoms with E-state index in [4.69, 9.17) is 4.52 Å². The second-order valence-corrected chi connectivity index (χ2v) is 6.45. The van der Waals surface area contributed by atoms with Gasteiger partial charge >= 0.3 is 0 Å². The number of rotatable bonds is 4. The van der Waals surface area contributed by atoms with Crippen molar-refractivity contribution in [2.24, 2.45) is 0 Å². The van der Waals surface area contributed by atoms with Gasteiger partial charge in [0.25, 0.3) is 5.91 Å². The summed E-state index contributed by atoms with van der Waals surface area (Å²) in [4.78, 5) is 31.3. The molecule has 1 N–H and O–H groups in total. The van der Waals surface area contributed by atoms with Crippen molar-refractivity contribution in [3.63, 3.8) is 0 Å². The fourth-order valence-electron chi connectivity index (χ4n) is 2.78. The van der Waals surface area contributed by atoms with Gasteiger partial charge in [-0.3, -0.25) is 9.59 Å². The average Bonchev–Trinajstić information content (AvgIpc) is 3.27. The summed E-state index contributed by atoms with van der Waals surface area (Å²) < 4.78 is 4.80. The molecule has 8 heteroatoms. The molecule has 2 unspecified atom stereocenters. The summed E-state index contributed by atoms with van der Waals surface area (Å²) in [5.74, 6) is 0.174. The van der Waals surface area contributed by atoms with E-state index < -0.39 is 6.04 Å². The molecule has 3 rings (SSSR count). The lowest BCUT2D eigenvalue weighted by Crippen LogP contribution is -2.49. The summed E-state index contributed by atoms with van der Waals surface area (Å²) in [6, 6.07) is 2.76. The topological polar surface area (TPSA) is 88.3 Å². The minimum atomic E-state index is -0.600. The lowest BCUT2D eigenvalue weighted by atomic mass is 10.0. The summed E-state index contributed by atoms with van der Waals surface area (Å²) in [6.07, 6.45) is 4.02. The molecule has 1 fully saturated rings. The third-order valence-electron chi connectivity index (χ3n) is 3.93. The lowest BCUT2D eigenvalue weighted by Gasteiger charge is -2.35. The van der Waals surface area contributed by atoms with Crippen molar-refractivity contribution in [1.82, 2.24) is 20.4 Å². The van der Waals surface area contributed by atoms with Crippen molar-refractivity contribution in [3.8, 4) is 0 Å². The van der Waals surface area contributed by atoms with Gasteiger partial charge < -0.3 is 14.7 Å². The first-order valence-electron chi connectivity index (χ1n) is 7.58. The van der Waals surface area contributed by atoms with Gasteiger partial charge in [-0.05, 0) is 37.6 Å². The number of hydrogen-bond donors (Lipinski definition) is 1. The van der Waals surface area contributed by atoms with Crippen LogP contribution >= 0.6 is 11.3 Å². The smallest absolute Gasteiger partial charge is 0.261 e. The maximum Gasteiger partial charge on any atom is 0.261 e. The Morgan fingerprint density at radius 1 is 1.48 bits per heavy atom. The van der Waals surface area contributed by atoms with E-state index in [1.54, 1.807) is 17.9 Å². The van der Waals surface area contributed by atoms with Gasteiger partial charge in [-0.1, -0.05) is 11.2 Å². The highest BCUT2D eigenvalue weighted by Gasteiger charge is 2.33. The third kappa shape index (κ3) is 3.42. The van der Waals surface area contributed by atoms with Crippen molar-refractivity contribution in [2.75, 3.05) is 6.54 Å². The Kier molecular flexibility index (Phi) is 4.71. The molecule has 2 aromatic rings. The molecule has 0 spiro atoms. The minimum Gasteiger partial charge on any atom is -0.343 e. The zero-order chi connectivity index (χ0) is 16.2. The summed E-state index contributed by atoms with van der Waals surface area (Å²) in [7, 11) is 0. The predicted octanol–water partition coefficient (Wildman–Crippen LogP) is 2.00. The first-order valence-corrected chi connectivity index (χ1v) is 8.46. The number of nitrogens with one attached hydrogen (secondary N) is 1. The van der Waals surface area contributed by atoms with E-state index in [0.717, 1.165) is 19.3 Å². The second kappa shape index (κ2) is 6.91. The molecule has 2 aromatic heterocycles. The van der Waals surface area contributed by atoms with Crippen molar-refractivity contribution in [1.29, 1.82) is 0 Å². The van der Waals surface area contributed by atoms with Gasteiger partial charge in [0, 0.05) is 6.54 Å². The summed E-state index contributed by atoms with van der Waals surface area (Å²) >= 11 is 1.35. The highest BCUT2D eigenvalue weighted by Crippen LogP contribution is 2.29. The van der Waals surface area contributed by atoms with E-state index >= 15 is 0 Å². The Morgan fingerprint density at radius 3 is 3.04 bits per heavy atom. The van der Waals surface area contributed by atoms with Crippen molar-refractivity contribution in [3.05, 3.63) is 34.6 Å². The molecule has 0 bridgehead atoms. The number of piperidine rings is 1. The van der Waals surface area contributed by atoms with Gasteiger partial charge in [0.15, 0.2) is 5.82 Å². The third-order valence-corrected chi connectivity index (χ3v) is 4.79. The average molecular weight is 334 g/mol. The standard InChI is InChI=1S/C15H18N4O3S/c1-10(17-14(20)12-6-4-8-23-12)15(21)19-7-3-2-5-11(19)13-16-9-22-18-13/h4,6,8-11H,2-3,5,7H2,1H3,(H,17,20). The molecule has 3 heterocycles. The van der Waals surface area contributed by atoms with Gasteiger partial charge in [-0.15, -0.1) is 11.3 Å². The monoisotopic (exact) mass is 334 g/mol. The van der Waals surface area contributed by atoms with Crippen LogP contribution < -0.4 is 5.32 Å². The molecule has 0 saturated carbocycles. The van der Waals surface area contributed by atoms with E-state index in [0.29, 0.717) is 17.2 Å². The van der Waals surface area contributed by atoms with Gasteiger partial charge in [0.05, 0.1) is 10.9 Å². The quantitative estimate of drug-likeness (QED) is 0.924. The minimum absolute atomic E-state index is 0.121. The van der Waals surface area contributed by atoms with Crippen LogP contribution in [0.5, 0.6) is 0 Å². The molecule has 122 valence electrons. The highest BCUT2D eigenvalue weighted by atomic mass is 32.1. The Balaban J connectivity index is 1.68. The molecular weight excluding hydrogens is 316 g/mol.